The molecule has 1 aromatic rings. The topological polar surface area (TPSA) is 47.6 Å². The third kappa shape index (κ3) is 3.43. The van der Waals surface area contributed by atoms with Gasteiger partial charge in [0.2, 0.25) is 5.91 Å². The smallest absolute Gasteiger partial charge is 0.399 e. The van der Waals surface area contributed by atoms with Gasteiger partial charge in [-0.3, -0.25) is 4.79 Å². The molecule has 0 aromatic heterocycles. The highest BCUT2D eigenvalue weighted by atomic mass is 19.1. The molecule has 0 unspecified atom stereocenters. The van der Waals surface area contributed by atoms with Gasteiger partial charge in [0.05, 0.1) is 16.9 Å². The van der Waals surface area contributed by atoms with Crippen LogP contribution in [0.3, 0.4) is 0 Å². The van der Waals surface area contributed by atoms with Crippen molar-refractivity contribution in [1.29, 1.82) is 0 Å². The minimum atomic E-state index is -0.731. The maximum atomic E-state index is 14.3. The number of para-hydroxylation sites is 1. The van der Waals surface area contributed by atoms with Gasteiger partial charge in [-0.2, -0.15) is 0 Å². The van der Waals surface area contributed by atoms with Crippen LogP contribution in [0.25, 0.3) is 0 Å². The lowest BCUT2D eigenvalue weighted by Crippen LogP contribution is -2.41. The van der Waals surface area contributed by atoms with Gasteiger partial charge in [-0.1, -0.05) is 32.9 Å². The second-order valence-corrected chi connectivity index (χ2v) is 8.00. The maximum Gasteiger partial charge on any atom is 0.497 e. The standard InChI is InChI=1S/C17H25BFNO3/c1-15(2,3)14(21)20-13-11(9-8-10-12(13)19)18-22-16(4,5)17(6,7)23-18/h8-10H,1-7H3,(H,20,21). The summed E-state index contributed by atoms with van der Waals surface area (Å²) in [6, 6.07) is 4.61. The third-order valence-electron chi connectivity index (χ3n) is 4.47. The number of halogens is 1. The molecule has 0 saturated carbocycles. The monoisotopic (exact) mass is 321 g/mol. The van der Waals surface area contributed by atoms with Gasteiger partial charge < -0.3 is 14.6 Å². The van der Waals surface area contributed by atoms with Crippen LogP contribution in [-0.4, -0.2) is 24.2 Å². The Balaban J connectivity index is 2.38. The van der Waals surface area contributed by atoms with E-state index >= 15 is 0 Å². The van der Waals surface area contributed by atoms with Crippen LogP contribution < -0.4 is 10.8 Å². The first-order chi connectivity index (χ1) is 10.3. The van der Waals surface area contributed by atoms with Crippen LogP contribution in [0.5, 0.6) is 0 Å². The number of carbonyl (C=O) groups is 1. The molecule has 0 atom stereocenters. The van der Waals surface area contributed by atoms with Crippen LogP contribution in [-0.2, 0) is 14.1 Å². The average Bonchev–Trinajstić information content (AvgIpc) is 2.59. The van der Waals surface area contributed by atoms with Gasteiger partial charge >= 0.3 is 7.12 Å². The number of hydrogen-bond donors (Lipinski definition) is 1. The van der Waals surface area contributed by atoms with Gasteiger partial charge in [0.15, 0.2) is 0 Å². The minimum absolute atomic E-state index is 0.117. The van der Waals surface area contributed by atoms with Crippen LogP contribution in [0.15, 0.2) is 18.2 Å². The van der Waals surface area contributed by atoms with Crippen molar-refractivity contribution >= 4 is 24.2 Å². The predicted molar refractivity (Wildman–Crippen MR) is 90.2 cm³/mol. The van der Waals surface area contributed by atoms with E-state index < -0.39 is 29.6 Å². The van der Waals surface area contributed by atoms with Crippen LogP contribution in [0, 0.1) is 11.2 Å². The van der Waals surface area contributed by atoms with Crippen molar-refractivity contribution in [2.24, 2.45) is 5.41 Å². The molecule has 0 radical (unpaired) electrons. The third-order valence-corrected chi connectivity index (χ3v) is 4.47. The molecule has 6 heteroatoms. The van der Waals surface area contributed by atoms with Gasteiger partial charge in [-0.05, 0) is 33.8 Å². The maximum absolute atomic E-state index is 14.3. The molecule has 1 aliphatic heterocycles. The summed E-state index contributed by atoms with van der Waals surface area (Å²) in [6.07, 6.45) is 0. The zero-order valence-corrected chi connectivity index (χ0v) is 14.9. The number of amides is 1. The number of rotatable bonds is 2. The summed E-state index contributed by atoms with van der Waals surface area (Å²) in [6.45, 7) is 13.0. The van der Waals surface area contributed by atoms with Crippen molar-refractivity contribution in [3.05, 3.63) is 24.0 Å². The normalized spacial score (nSPS) is 19.7. The van der Waals surface area contributed by atoms with Crippen LogP contribution in [0.2, 0.25) is 0 Å². The lowest BCUT2D eigenvalue weighted by molar-refractivity contribution is -0.123. The molecule has 126 valence electrons. The molecule has 1 amide bonds. The SMILES string of the molecule is CC(C)(C)C(=O)Nc1c(F)cccc1B1OC(C)(C)C(C)(C)O1. The Morgan fingerprint density at radius 2 is 1.65 bits per heavy atom. The van der Waals surface area contributed by atoms with E-state index in [2.05, 4.69) is 5.32 Å². The van der Waals surface area contributed by atoms with Gasteiger partial charge in [0.25, 0.3) is 0 Å². The first kappa shape index (κ1) is 18.0. The van der Waals surface area contributed by atoms with E-state index in [-0.39, 0.29) is 11.6 Å². The Labute approximate surface area is 137 Å². The molecule has 0 spiro atoms. The molecule has 4 nitrogen and oxygen atoms in total. The van der Waals surface area contributed by atoms with Crippen molar-refractivity contribution in [2.75, 3.05) is 5.32 Å². The predicted octanol–water partition coefficient (Wildman–Crippen LogP) is 3.11. The van der Waals surface area contributed by atoms with Crippen molar-refractivity contribution < 1.29 is 18.5 Å². The van der Waals surface area contributed by atoms with Crippen LogP contribution >= 0.6 is 0 Å². The average molecular weight is 321 g/mol. The Morgan fingerprint density at radius 1 is 1.13 bits per heavy atom. The highest BCUT2D eigenvalue weighted by molar-refractivity contribution is 6.64. The summed E-state index contributed by atoms with van der Waals surface area (Å²) in [5.74, 6) is -0.768. The second kappa shape index (κ2) is 5.60. The summed E-state index contributed by atoms with van der Waals surface area (Å²) < 4.78 is 26.3. The molecule has 1 saturated heterocycles. The lowest BCUT2D eigenvalue weighted by Gasteiger charge is -2.32. The molecule has 1 N–H and O–H groups in total. The van der Waals surface area contributed by atoms with Crippen LogP contribution in [0.4, 0.5) is 10.1 Å². The number of anilines is 1. The largest absolute Gasteiger partial charge is 0.497 e. The van der Waals surface area contributed by atoms with E-state index in [9.17, 15) is 9.18 Å². The summed E-state index contributed by atoms with van der Waals surface area (Å²) in [5, 5.41) is 2.68. The van der Waals surface area contributed by atoms with Crippen molar-refractivity contribution in [3.63, 3.8) is 0 Å². The van der Waals surface area contributed by atoms with Gasteiger partial charge in [0, 0.05) is 10.9 Å². The van der Waals surface area contributed by atoms with E-state index in [4.69, 9.17) is 9.31 Å². The van der Waals surface area contributed by atoms with Crippen molar-refractivity contribution in [3.8, 4) is 0 Å². The van der Waals surface area contributed by atoms with E-state index in [0.29, 0.717) is 5.46 Å². The van der Waals surface area contributed by atoms with Gasteiger partial charge in [-0.15, -0.1) is 0 Å². The number of nitrogens with one attached hydrogen (secondary N) is 1. The Hall–Kier alpha value is -1.40. The van der Waals surface area contributed by atoms with E-state index in [1.165, 1.54) is 6.07 Å². The molecule has 0 bridgehead atoms. The molecule has 2 rings (SSSR count). The molecule has 1 aliphatic rings. The minimum Gasteiger partial charge on any atom is -0.399 e. The first-order valence-electron chi connectivity index (χ1n) is 7.81. The molecular weight excluding hydrogens is 296 g/mol. The fourth-order valence-electron chi connectivity index (χ4n) is 2.14. The Morgan fingerprint density at radius 3 is 2.13 bits per heavy atom. The van der Waals surface area contributed by atoms with Crippen molar-refractivity contribution in [1.82, 2.24) is 0 Å². The molecular formula is C17H25BFNO3. The first-order valence-corrected chi connectivity index (χ1v) is 7.81. The number of benzene rings is 1. The molecule has 1 fully saturated rings. The summed E-state index contributed by atoms with van der Waals surface area (Å²) in [5.41, 5.74) is -1.09. The number of hydrogen-bond acceptors (Lipinski definition) is 3. The van der Waals surface area contributed by atoms with E-state index in [1.54, 1.807) is 32.9 Å². The lowest BCUT2D eigenvalue weighted by atomic mass is 9.77. The van der Waals surface area contributed by atoms with Crippen molar-refractivity contribution in [2.45, 2.75) is 59.7 Å². The second-order valence-electron chi connectivity index (χ2n) is 8.00. The fourth-order valence-corrected chi connectivity index (χ4v) is 2.14. The zero-order valence-electron chi connectivity index (χ0n) is 14.9. The molecule has 0 aliphatic carbocycles. The van der Waals surface area contributed by atoms with Crippen LogP contribution in [0.1, 0.15) is 48.5 Å². The molecule has 1 heterocycles. The number of carbonyl (C=O) groups excluding carboxylic acids is 1. The Kier molecular flexibility index (Phi) is 4.37. The summed E-state index contributed by atoms with van der Waals surface area (Å²) in [4.78, 5) is 12.2. The quantitative estimate of drug-likeness (QED) is 0.852. The van der Waals surface area contributed by atoms with E-state index in [1.807, 2.05) is 27.7 Å². The van der Waals surface area contributed by atoms with Gasteiger partial charge in [-0.25, -0.2) is 4.39 Å². The molecule has 23 heavy (non-hydrogen) atoms. The highest BCUT2D eigenvalue weighted by Gasteiger charge is 2.52. The zero-order chi connectivity index (χ0) is 17.6. The van der Waals surface area contributed by atoms with Gasteiger partial charge in [0.1, 0.15) is 5.82 Å². The summed E-state index contributed by atoms with van der Waals surface area (Å²) in [7, 11) is -0.731. The van der Waals surface area contributed by atoms with E-state index in [0.717, 1.165) is 0 Å². The molecule has 1 aromatic carbocycles. The summed E-state index contributed by atoms with van der Waals surface area (Å²) >= 11 is 0. The fraction of sp³-hybridized carbons (Fsp3) is 0.588. The Bertz CT molecular complexity index is 607. The highest BCUT2D eigenvalue weighted by Crippen LogP contribution is 2.37.